The van der Waals surface area contributed by atoms with E-state index in [1.807, 2.05) is 0 Å². The number of nitrogens with one attached hydrogen (secondary N) is 1. The Morgan fingerprint density at radius 1 is 1.67 bits per heavy atom. The van der Waals surface area contributed by atoms with Crippen molar-refractivity contribution in [2.45, 2.75) is 0 Å². The first-order valence-corrected chi connectivity index (χ1v) is 3.46. The molecule has 0 aromatic heterocycles. The van der Waals surface area contributed by atoms with Gasteiger partial charge in [-0.15, -0.1) is 0 Å². The number of allylic oxidation sites excluding steroid dienone is 4. The normalized spacial score (nSPS) is 11.7. The van der Waals surface area contributed by atoms with Crippen LogP contribution in [0.4, 0.5) is 0 Å². The van der Waals surface area contributed by atoms with E-state index in [9.17, 15) is 0 Å². The zero-order chi connectivity index (χ0) is 9.40. The van der Waals surface area contributed by atoms with Gasteiger partial charge in [0.1, 0.15) is 12.4 Å². The number of rotatable bonds is 5. The fourth-order valence-electron chi connectivity index (χ4n) is 0.512. The Kier molecular flexibility index (Phi) is 5.65. The number of hydrogen-bond acceptors (Lipinski definition) is 3. The van der Waals surface area contributed by atoms with Crippen LogP contribution >= 0.6 is 0 Å². The van der Waals surface area contributed by atoms with Gasteiger partial charge in [0.2, 0.25) is 0 Å². The lowest BCUT2D eigenvalue weighted by Gasteiger charge is -1.98. The first-order valence-electron chi connectivity index (χ1n) is 3.46. The molecule has 12 heavy (non-hydrogen) atoms. The molecule has 0 atom stereocenters. The van der Waals surface area contributed by atoms with Crippen molar-refractivity contribution in [1.82, 2.24) is 0 Å². The van der Waals surface area contributed by atoms with Gasteiger partial charge in [0.25, 0.3) is 0 Å². The van der Waals surface area contributed by atoms with Gasteiger partial charge in [-0.1, -0.05) is 18.7 Å². The zero-order valence-electron chi connectivity index (χ0n) is 7.08. The summed E-state index contributed by atoms with van der Waals surface area (Å²) >= 11 is 0. The molecule has 0 aromatic carbocycles. The van der Waals surface area contributed by atoms with Crippen molar-refractivity contribution in [3.63, 3.8) is 0 Å². The molecule has 0 rings (SSSR count). The second kappa shape index (κ2) is 6.37. The van der Waals surface area contributed by atoms with E-state index >= 15 is 0 Å². The quantitative estimate of drug-likeness (QED) is 0.368. The highest BCUT2D eigenvalue weighted by Crippen LogP contribution is 1.95. The lowest BCUT2D eigenvalue weighted by molar-refractivity contribution is 0.207. The van der Waals surface area contributed by atoms with Crippen LogP contribution in [0.25, 0.3) is 0 Å². The first-order chi connectivity index (χ1) is 5.74. The number of hydrogen-bond donors (Lipinski definition) is 2. The van der Waals surface area contributed by atoms with E-state index in [2.05, 4.69) is 6.58 Å². The third kappa shape index (κ3) is 4.46. The Morgan fingerprint density at radius 3 is 2.75 bits per heavy atom. The second-order valence-corrected chi connectivity index (χ2v) is 2.07. The monoisotopic (exact) mass is 167 g/mol. The van der Waals surface area contributed by atoms with Crippen LogP contribution in [0.5, 0.6) is 0 Å². The zero-order valence-corrected chi connectivity index (χ0v) is 7.08. The van der Waals surface area contributed by atoms with Crippen molar-refractivity contribution < 1.29 is 9.84 Å². The molecule has 0 aliphatic heterocycles. The average molecular weight is 167 g/mol. The first kappa shape index (κ1) is 10.7. The molecule has 0 aromatic rings. The smallest absolute Gasteiger partial charge is 0.121 e. The van der Waals surface area contributed by atoms with Gasteiger partial charge in [0.05, 0.1) is 7.11 Å². The lowest BCUT2D eigenvalue weighted by atomic mass is 10.3. The molecule has 0 heterocycles. The standard InChI is InChI=1S/C9H13NO2/c1-8(6-10)4-3-5-9(7-11)12-2/h3-6,10-11H,1,7H2,2H3/b4-3-,9-5+,10-6?. The van der Waals surface area contributed by atoms with E-state index < -0.39 is 0 Å². The molecule has 0 radical (unpaired) electrons. The van der Waals surface area contributed by atoms with Crippen molar-refractivity contribution >= 4 is 6.21 Å². The molecule has 0 saturated heterocycles. The average Bonchev–Trinajstić information content (AvgIpc) is 2.12. The number of aliphatic hydroxyl groups is 1. The second-order valence-electron chi connectivity index (χ2n) is 2.07. The predicted molar refractivity (Wildman–Crippen MR) is 49.2 cm³/mol. The Morgan fingerprint density at radius 2 is 2.33 bits per heavy atom. The van der Waals surface area contributed by atoms with Crippen LogP contribution in [-0.4, -0.2) is 25.0 Å². The van der Waals surface area contributed by atoms with Crippen molar-refractivity contribution in [2.24, 2.45) is 0 Å². The molecule has 66 valence electrons. The van der Waals surface area contributed by atoms with Gasteiger partial charge in [-0.3, -0.25) is 0 Å². The van der Waals surface area contributed by atoms with Gasteiger partial charge >= 0.3 is 0 Å². The van der Waals surface area contributed by atoms with Crippen LogP contribution in [0.15, 0.2) is 36.1 Å². The summed E-state index contributed by atoms with van der Waals surface area (Å²) in [5.74, 6) is 0.476. The number of methoxy groups -OCH3 is 1. The maximum Gasteiger partial charge on any atom is 0.121 e. The summed E-state index contributed by atoms with van der Waals surface area (Å²) in [5.41, 5.74) is 0.597. The Hall–Kier alpha value is -1.35. The highest BCUT2D eigenvalue weighted by atomic mass is 16.5. The summed E-state index contributed by atoms with van der Waals surface area (Å²) in [7, 11) is 1.49. The molecule has 0 bridgehead atoms. The molecule has 0 fully saturated rings. The number of ether oxygens (including phenoxy) is 1. The van der Waals surface area contributed by atoms with Crippen molar-refractivity contribution in [3.05, 3.63) is 36.1 Å². The van der Waals surface area contributed by atoms with E-state index in [1.165, 1.54) is 7.11 Å². The highest BCUT2D eigenvalue weighted by molar-refractivity contribution is 5.78. The van der Waals surface area contributed by atoms with Crippen LogP contribution in [-0.2, 0) is 4.74 Å². The molecule has 3 heteroatoms. The minimum absolute atomic E-state index is 0.127. The van der Waals surface area contributed by atoms with Crippen molar-refractivity contribution in [3.8, 4) is 0 Å². The van der Waals surface area contributed by atoms with Gasteiger partial charge in [0, 0.05) is 6.21 Å². The Balaban J connectivity index is 4.08. The predicted octanol–water partition coefficient (Wildman–Crippen LogP) is 1.27. The molecule has 3 nitrogen and oxygen atoms in total. The molecule has 0 unspecified atom stereocenters. The van der Waals surface area contributed by atoms with Crippen LogP contribution in [0.2, 0.25) is 0 Å². The fraction of sp³-hybridized carbons (Fsp3) is 0.222. The van der Waals surface area contributed by atoms with E-state index in [-0.39, 0.29) is 6.61 Å². The van der Waals surface area contributed by atoms with Crippen LogP contribution in [0.3, 0.4) is 0 Å². The maximum atomic E-state index is 8.65. The molecule has 2 N–H and O–H groups in total. The van der Waals surface area contributed by atoms with Crippen molar-refractivity contribution in [2.75, 3.05) is 13.7 Å². The van der Waals surface area contributed by atoms with Crippen molar-refractivity contribution in [1.29, 1.82) is 5.41 Å². The molecule has 0 aliphatic carbocycles. The van der Waals surface area contributed by atoms with Crippen LogP contribution in [0.1, 0.15) is 0 Å². The van der Waals surface area contributed by atoms with Crippen LogP contribution in [0, 0.1) is 5.41 Å². The van der Waals surface area contributed by atoms with E-state index in [0.717, 1.165) is 6.21 Å². The summed E-state index contributed by atoms with van der Waals surface area (Å²) in [6, 6.07) is 0. The lowest BCUT2D eigenvalue weighted by Crippen LogP contribution is -1.91. The molecular weight excluding hydrogens is 154 g/mol. The van der Waals surface area contributed by atoms with Gasteiger partial charge in [0.15, 0.2) is 0 Å². The summed E-state index contributed by atoms with van der Waals surface area (Å²) in [4.78, 5) is 0. The molecule has 0 amide bonds. The highest BCUT2D eigenvalue weighted by Gasteiger charge is 1.87. The maximum absolute atomic E-state index is 8.65. The fourth-order valence-corrected chi connectivity index (χ4v) is 0.512. The molecule has 0 saturated carbocycles. The summed E-state index contributed by atoms with van der Waals surface area (Å²) in [6.07, 6.45) is 6.09. The van der Waals surface area contributed by atoms with Gasteiger partial charge < -0.3 is 15.3 Å². The van der Waals surface area contributed by atoms with E-state index in [0.29, 0.717) is 11.3 Å². The minimum atomic E-state index is -0.127. The van der Waals surface area contributed by atoms with Gasteiger partial charge in [-0.25, -0.2) is 0 Å². The Labute approximate surface area is 72.2 Å². The third-order valence-corrected chi connectivity index (χ3v) is 1.20. The van der Waals surface area contributed by atoms with Gasteiger partial charge in [-0.2, -0.15) is 0 Å². The summed E-state index contributed by atoms with van der Waals surface area (Å²) in [5, 5.41) is 15.5. The molecule has 0 spiro atoms. The summed E-state index contributed by atoms with van der Waals surface area (Å²) < 4.78 is 4.79. The van der Waals surface area contributed by atoms with Gasteiger partial charge in [-0.05, 0) is 11.6 Å². The van der Waals surface area contributed by atoms with E-state index in [1.54, 1.807) is 18.2 Å². The number of aliphatic hydroxyl groups excluding tert-OH is 1. The minimum Gasteiger partial charge on any atom is -0.499 e. The van der Waals surface area contributed by atoms with E-state index in [4.69, 9.17) is 15.3 Å². The molecule has 0 aliphatic rings. The SMILES string of the molecule is C=C(C=N)/C=C\C=C(/CO)OC. The largest absolute Gasteiger partial charge is 0.499 e. The van der Waals surface area contributed by atoms with Crippen LogP contribution < -0.4 is 0 Å². The topological polar surface area (TPSA) is 53.3 Å². The Bertz CT molecular complexity index is 211. The third-order valence-electron chi connectivity index (χ3n) is 1.20. The molecular formula is C9H13NO2. The summed E-state index contributed by atoms with van der Waals surface area (Å²) in [6.45, 7) is 3.43.